The summed E-state index contributed by atoms with van der Waals surface area (Å²) in [5.74, 6) is -0.447. The molecule has 0 rings (SSSR count). The Balaban J connectivity index is 4.40. The second kappa shape index (κ2) is 33.7. The van der Waals surface area contributed by atoms with Gasteiger partial charge in [-0.25, -0.2) is 4.57 Å². The van der Waals surface area contributed by atoms with Gasteiger partial charge in [-0.15, -0.1) is 0 Å². The Morgan fingerprint density at radius 1 is 0.723 bits per heavy atom. The first-order valence-electron chi connectivity index (χ1n) is 19.4. The van der Waals surface area contributed by atoms with Gasteiger partial charge in [0.25, 0.3) is 0 Å². The predicted octanol–water partition coefficient (Wildman–Crippen LogP) is 9.02. The number of nitrogens with one attached hydrogen (secondary N) is 1. The van der Waals surface area contributed by atoms with Crippen LogP contribution in [0.1, 0.15) is 181 Å². The van der Waals surface area contributed by atoms with E-state index in [4.69, 9.17) is 14.8 Å². The van der Waals surface area contributed by atoms with Crippen LogP contribution in [-0.4, -0.2) is 59.0 Å². The SMILES string of the molecule is CCCCCCCCCCCCCCCC/C=C/C(O)C(COP(=O)(O)OCCN)NC(=O)CC(O)CCCCCCCCCCC. The highest BCUT2D eigenvalue weighted by Crippen LogP contribution is 2.43. The molecule has 280 valence electrons. The Morgan fingerprint density at radius 3 is 1.64 bits per heavy atom. The first-order valence-corrected chi connectivity index (χ1v) is 20.9. The van der Waals surface area contributed by atoms with Crippen molar-refractivity contribution in [2.75, 3.05) is 19.8 Å². The average molecular weight is 691 g/mol. The first-order chi connectivity index (χ1) is 22.8. The van der Waals surface area contributed by atoms with E-state index in [1.807, 2.05) is 6.08 Å². The number of phosphoric ester groups is 1. The van der Waals surface area contributed by atoms with Gasteiger partial charge >= 0.3 is 7.82 Å². The summed E-state index contributed by atoms with van der Waals surface area (Å²) >= 11 is 0. The molecule has 4 atom stereocenters. The fourth-order valence-corrected chi connectivity index (χ4v) is 6.46. The van der Waals surface area contributed by atoms with Crippen LogP contribution in [0, 0.1) is 0 Å². The third-order valence-electron chi connectivity index (χ3n) is 8.67. The topological polar surface area (TPSA) is 151 Å². The minimum absolute atomic E-state index is 0.0511. The second-order valence-corrected chi connectivity index (χ2v) is 14.8. The monoisotopic (exact) mass is 691 g/mol. The number of aliphatic hydroxyl groups excluding tert-OH is 2. The third kappa shape index (κ3) is 32.2. The molecule has 47 heavy (non-hydrogen) atoms. The van der Waals surface area contributed by atoms with Crippen LogP contribution in [0.25, 0.3) is 0 Å². The lowest BCUT2D eigenvalue weighted by Crippen LogP contribution is -2.46. The lowest BCUT2D eigenvalue weighted by Gasteiger charge is -2.24. The quantitative estimate of drug-likeness (QED) is 0.0248. The van der Waals surface area contributed by atoms with Gasteiger partial charge in [0, 0.05) is 6.54 Å². The molecule has 4 unspecified atom stereocenters. The van der Waals surface area contributed by atoms with Gasteiger partial charge in [0.15, 0.2) is 0 Å². The maximum Gasteiger partial charge on any atom is 0.472 e. The smallest absolute Gasteiger partial charge is 0.393 e. The summed E-state index contributed by atoms with van der Waals surface area (Å²) < 4.78 is 22.0. The second-order valence-electron chi connectivity index (χ2n) is 13.3. The summed E-state index contributed by atoms with van der Waals surface area (Å²) in [5, 5.41) is 23.9. The summed E-state index contributed by atoms with van der Waals surface area (Å²) in [4.78, 5) is 22.6. The number of phosphoric acid groups is 1. The molecule has 0 aliphatic carbocycles. The van der Waals surface area contributed by atoms with Crippen LogP contribution in [0.15, 0.2) is 12.2 Å². The molecule has 0 aliphatic heterocycles. The lowest BCUT2D eigenvalue weighted by atomic mass is 10.0. The van der Waals surface area contributed by atoms with Crippen molar-refractivity contribution in [3.05, 3.63) is 12.2 Å². The summed E-state index contributed by atoms with van der Waals surface area (Å²) in [5.41, 5.74) is 5.34. The zero-order valence-electron chi connectivity index (χ0n) is 30.4. The number of hydrogen-bond acceptors (Lipinski definition) is 7. The molecule has 0 aromatic carbocycles. The van der Waals surface area contributed by atoms with E-state index >= 15 is 0 Å². The summed E-state index contributed by atoms with van der Waals surface area (Å²) in [7, 11) is -4.39. The molecule has 10 heteroatoms. The van der Waals surface area contributed by atoms with Gasteiger partial charge in [0.1, 0.15) is 0 Å². The van der Waals surface area contributed by atoms with E-state index in [1.54, 1.807) is 6.08 Å². The molecule has 0 aromatic heterocycles. The van der Waals surface area contributed by atoms with Gasteiger partial charge in [-0.3, -0.25) is 13.8 Å². The van der Waals surface area contributed by atoms with Crippen LogP contribution in [0.3, 0.4) is 0 Å². The van der Waals surface area contributed by atoms with E-state index in [0.29, 0.717) is 6.42 Å². The van der Waals surface area contributed by atoms with Crippen LogP contribution in [0.2, 0.25) is 0 Å². The number of carbonyl (C=O) groups excluding carboxylic acids is 1. The van der Waals surface area contributed by atoms with Crippen molar-refractivity contribution in [1.29, 1.82) is 0 Å². The Labute approximate surface area is 288 Å². The molecule has 0 spiro atoms. The van der Waals surface area contributed by atoms with Gasteiger partial charge in [-0.05, 0) is 19.3 Å². The molecule has 0 saturated heterocycles. The molecule has 1 amide bonds. The zero-order chi connectivity index (χ0) is 34.9. The molecule has 6 N–H and O–H groups in total. The number of rotatable bonds is 36. The van der Waals surface area contributed by atoms with Gasteiger partial charge in [-0.2, -0.15) is 0 Å². The summed E-state index contributed by atoms with van der Waals surface area (Å²) in [6.45, 7) is 3.94. The van der Waals surface area contributed by atoms with Crippen molar-refractivity contribution >= 4 is 13.7 Å². The van der Waals surface area contributed by atoms with Gasteiger partial charge in [0.2, 0.25) is 5.91 Å². The van der Waals surface area contributed by atoms with Gasteiger partial charge < -0.3 is 26.2 Å². The highest BCUT2D eigenvalue weighted by Gasteiger charge is 2.27. The molecular weight excluding hydrogens is 615 g/mol. The molecule has 0 fully saturated rings. The zero-order valence-corrected chi connectivity index (χ0v) is 31.3. The number of amides is 1. The minimum Gasteiger partial charge on any atom is -0.393 e. The van der Waals surface area contributed by atoms with Crippen molar-refractivity contribution in [2.24, 2.45) is 5.73 Å². The Hall–Kier alpha value is -0.800. The Morgan fingerprint density at radius 2 is 1.17 bits per heavy atom. The van der Waals surface area contributed by atoms with Crippen molar-refractivity contribution in [1.82, 2.24) is 5.32 Å². The van der Waals surface area contributed by atoms with E-state index in [-0.39, 0.29) is 19.6 Å². The molecule has 0 radical (unpaired) electrons. The van der Waals surface area contributed by atoms with E-state index in [2.05, 4.69) is 19.2 Å². The van der Waals surface area contributed by atoms with Crippen molar-refractivity contribution < 1.29 is 33.5 Å². The number of aliphatic hydroxyl groups is 2. The number of hydrogen-bond donors (Lipinski definition) is 5. The van der Waals surface area contributed by atoms with Crippen LogP contribution in [0.5, 0.6) is 0 Å². The minimum atomic E-state index is -4.39. The number of allylic oxidation sites excluding steroid dienone is 1. The molecule has 0 aromatic rings. The van der Waals surface area contributed by atoms with Crippen LogP contribution in [0.4, 0.5) is 0 Å². The largest absolute Gasteiger partial charge is 0.472 e. The average Bonchev–Trinajstić information content (AvgIpc) is 3.04. The first kappa shape index (κ1) is 46.2. The van der Waals surface area contributed by atoms with Gasteiger partial charge in [0.05, 0.1) is 37.9 Å². The highest BCUT2D eigenvalue weighted by atomic mass is 31.2. The molecular formula is C37H75N2O7P. The van der Waals surface area contributed by atoms with E-state index in [9.17, 15) is 24.5 Å². The summed E-state index contributed by atoms with van der Waals surface area (Å²) in [6.07, 6.45) is 31.5. The fourth-order valence-electron chi connectivity index (χ4n) is 5.70. The van der Waals surface area contributed by atoms with E-state index in [1.165, 1.54) is 116 Å². The normalized spacial score (nSPS) is 15.1. The third-order valence-corrected chi connectivity index (χ3v) is 9.65. The number of nitrogens with two attached hydrogens (primary N) is 1. The van der Waals surface area contributed by atoms with E-state index < -0.39 is 38.6 Å². The number of carbonyl (C=O) groups is 1. The van der Waals surface area contributed by atoms with Crippen LogP contribution < -0.4 is 11.1 Å². The highest BCUT2D eigenvalue weighted by molar-refractivity contribution is 7.47. The summed E-state index contributed by atoms with van der Waals surface area (Å²) in [6, 6.07) is -0.975. The van der Waals surface area contributed by atoms with Crippen LogP contribution in [-0.2, 0) is 18.4 Å². The predicted molar refractivity (Wildman–Crippen MR) is 195 cm³/mol. The maximum absolute atomic E-state index is 12.7. The van der Waals surface area contributed by atoms with E-state index in [0.717, 1.165) is 38.5 Å². The molecule has 9 nitrogen and oxygen atoms in total. The van der Waals surface area contributed by atoms with Crippen LogP contribution >= 0.6 is 7.82 Å². The van der Waals surface area contributed by atoms with Crippen molar-refractivity contribution in [3.63, 3.8) is 0 Å². The molecule has 0 bridgehead atoms. The molecule has 0 aliphatic rings. The molecule has 0 saturated carbocycles. The number of unbranched alkanes of at least 4 members (excludes halogenated alkanes) is 22. The van der Waals surface area contributed by atoms with Crippen molar-refractivity contribution in [3.8, 4) is 0 Å². The fraction of sp³-hybridized carbons (Fsp3) is 0.919. The Bertz CT molecular complexity index is 771. The lowest BCUT2D eigenvalue weighted by molar-refractivity contribution is -0.124. The van der Waals surface area contributed by atoms with Gasteiger partial charge in [-0.1, -0.05) is 167 Å². The molecule has 0 heterocycles. The van der Waals surface area contributed by atoms with Crippen molar-refractivity contribution in [2.45, 2.75) is 199 Å². The Kier molecular flexibility index (Phi) is 33.1. The standard InChI is InChI=1S/C37H75N2O7P/c1-3-5-7-9-11-13-14-15-16-17-18-19-21-23-25-27-29-36(41)35(33-46-47(43,44)45-31-30-38)39-37(42)32-34(40)28-26-24-22-20-12-10-8-6-4-2/h27,29,34-36,40-41H,3-26,28,30-33,38H2,1-2H3,(H,39,42)(H,43,44)/b29-27+. The maximum atomic E-state index is 12.7.